The van der Waals surface area contributed by atoms with E-state index in [1.165, 1.54) is 0 Å². The maximum absolute atomic E-state index is 12.8. The molecule has 0 saturated heterocycles. The molecular weight excluding hydrogens is 462 g/mol. The molecule has 2 rings (SSSR count). The molecule has 0 radical (unpaired) electrons. The minimum atomic E-state index is -5.02. The number of imide groups is 1. The van der Waals surface area contributed by atoms with Crippen LogP contribution in [0.15, 0.2) is 18.2 Å². The summed E-state index contributed by atoms with van der Waals surface area (Å²) in [6.45, 7) is 2.51. The van der Waals surface area contributed by atoms with Gasteiger partial charge in [-0.05, 0) is 43.2 Å². The van der Waals surface area contributed by atoms with Crippen molar-refractivity contribution in [3.8, 4) is 17.9 Å². The molecule has 0 atom stereocenters. The summed E-state index contributed by atoms with van der Waals surface area (Å²) in [4.78, 5) is 24.2. The number of carbonyl (C=O) groups is 2. The van der Waals surface area contributed by atoms with E-state index in [1.54, 1.807) is 13.8 Å². The van der Waals surface area contributed by atoms with Gasteiger partial charge in [0.05, 0.1) is 16.0 Å². The molecule has 0 unspecified atom stereocenters. The molecule has 0 saturated carbocycles. The zero-order valence-corrected chi connectivity index (χ0v) is 17.1. The number of benzene rings is 1. The third kappa shape index (κ3) is 6.02. The highest BCUT2D eigenvalue weighted by molar-refractivity contribution is 7.15. The van der Waals surface area contributed by atoms with Crippen LogP contribution in [0, 0.1) is 37.0 Å². The highest BCUT2D eigenvalue weighted by Crippen LogP contribution is 2.36. The maximum Gasteiger partial charge on any atom is 0.416 e. The number of amides is 2. The first-order valence-electron chi connectivity index (χ1n) is 8.50. The Balaban J connectivity index is 2.07. The second-order valence-corrected chi connectivity index (χ2v) is 7.27. The summed E-state index contributed by atoms with van der Waals surface area (Å²) in [7, 11) is 0. The number of carbonyl (C=O) groups excluding carboxylic acids is 2. The monoisotopic (exact) mass is 474 g/mol. The van der Waals surface area contributed by atoms with E-state index in [9.17, 15) is 35.9 Å². The first-order chi connectivity index (χ1) is 14.7. The molecule has 32 heavy (non-hydrogen) atoms. The molecule has 1 N–H and O–H groups in total. The standard InChI is InChI=1S/C20H12F6N2O3S/c1-10-11(2)16(32-15(10)9-27)17(29)28-18(30)31-5-3-4-12-6-13(19(21,22)23)8-14(7-12)20(24,25)26/h6-8H,5H2,1-2H3,(H,28,29,30). The van der Waals surface area contributed by atoms with Gasteiger partial charge in [0, 0.05) is 5.56 Å². The van der Waals surface area contributed by atoms with E-state index in [2.05, 4.69) is 16.6 Å². The molecule has 168 valence electrons. The van der Waals surface area contributed by atoms with E-state index < -0.39 is 47.7 Å². The van der Waals surface area contributed by atoms with Crippen molar-refractivity contribution >= 4 is 23.3 Å². The van der Waals surface area contributed by atoms with Crippen LogP contribution in [-0.2, 0) is 17.1 Å². The van der Waals surface area contributed by atoms with Crippen molar-refractivity contribution < 1.29 is 40.7 Å². The van der Waals surface area contributed by atoms with E-state index in [0.29, 0.717) is 28.1 Å². The van der Waals surface area contributed by atoms with Gasteiger partial charge < -0.3 is 4.74 Å². The zero-order valence-electron chi connectivity index (χ0n) is 16.3. The van der Waals surface area contributed by atoms with Crippen LogP contribution in [0.25, 0.3) is 0 Å². The van der Waals surface area contributed by atoms with E-state index in [1.807, 2.05) is 11.4 Å². The van der Waals surface area contributed by atoms with Gasteiger partial charge in [0.1, 0.15) is 10.9 Å². The minimum Gasteiger partial charge on any atom is -0.436 e. The van der Waals surface area contributed by atoms with Crippen LogP contribution >= 0.6 is 11.3 Å². The number of nitriles is 1. The molecule has 1 aromatic heterocycles. The number of nitrogens with one attached hydrogen (secondary N) is 1. The molecule has 0 spiro atoms. The Morgan fingerprint density at radius 1 is 1.03 bits per heavy atom. The van der Waals surface area contributed by atoms with E-state index in [0.717, 1.165) is 11.3 Å². The highest BCUT2D eigenvalue weighted by Gasteiger charge is 2.36. The second kappa shape index (κ2) is 9.32. The molecule has 0 aliphatic carbocycles. The van der Waals surface area contributed by atoms with Crippen molar-refractivity contribution in [3.05, 3.63) is 55.8 Å². The Bertz CT molecular complexity index is 1130. The second-order valence-electron chi connectivity index (χ2n) is 6.25. The van der Waals surface area contributed by atoms with Crippen molar-refractivity contribution in [1.29, 1.82) is 5.26 Å². The summed E-state index contributed by atoms with van der Waals surface area (Å²) >= 11 is 0.876. The van der Waals surface area contributed by atoms with Crippen LogP contribution in [0.5, 0.6) is 0 Å². The van der Waals surface area contributed by atoms with Crippen LogP contribution in [0.4, 0.5) is 31.1 Å². The van der Waals surface area contributed by atoms with Crippen molar-refractivity contribution in [2.75, 3.05) is 6.61 Å². The quantitative estimate of drug-likeness (QED) is 0.480. The van der Waals surface area contributed by atoms with Gasteiger partial charge in [-0.2, -0.15) is 31.6 Å². The summed E-state index contributed by atoms with van der Waals surface area (Å²) in [5, 5.41) is 10.9. The predicted molar refractivity (Wildman–Crippen MR) is 101 cm³/mol. The maximum atomic E-state index is 12.8. The van der Waals surface area contributed by atoms with Crippen molar-refractivity contribution in [1.82, 2.24) is 5.32 Å². The number of thiophene rings is 1. The number of nitrogens with zero attached hydrogens (tertiary/aromatic N) is 1. The normalized spacial score (nSPS) is 11.2. The Labute approximate surface area is 181 Å². The van der Waals surface area contributed by atoms with Crippen LogP contribution in [0.1, 0.15) is 42.4 Å². The first-order valence-corrected chi connectivity index (χ1v) is 9.32. The van der Waals surface area contributed by atoms with Gasteiger partial charge >= 0.3 is 18.4 Å². The average molecular weight is 474 g/mol. The van der Waals surface area contributed by atoms with Gasteiger partial charge in [-0.25, -0.2) is 4.79 Å². The highest BCUT2D eigenvalue weighted by atomic mass is 32.1. The molecule has 0 fully saturated rings. The third-order valence-electron chi connectivity index (χ3n) is 4.07. The van der Waals surface area contributed by atoms with Crippen LogP contribution in [-0.4, -0.2) is 18.6 Å². The number of ether oxygens (including phenoxy) is 1. The molecular formula is C20H12F6N2O3S. The molecule has 5 nitrogen and oxygen atoms in total. The summed E-state index contributed by atoms with van der Waals surface area (Å²) in [6, 6.07) is 2.74. The number of halogens is 6. The van der Waals surface area contributed by atoms with Gasteiger partial charge in [0.2, 0.25) is 0 Å². The van der Waals surface area contributed by atoms with Gasteiger partial charge in [0.15, 0.2) is 6.61 Å². The SMILES string of the molecule is Cc1c(C#N)sc(C(=O)NC(=O)OCC#Cc2cc(C(F)(F)F)cc(C(F)(F)F)c2)c1C. The number of alkyl carbamates (subject to hydrolysis) is 1. The summed E-state index contributed by atoms with van der Waals surface area (Å²) in [5.74, 6) is 3.35. The van der Waals surface area contributed by atoms with Gasteiger partial charge in [0.25, 0.3) is 5.91 Å². The fourth-order valence-electron chi connectivity index (χ4n) is 2.37. The van der Waals surface area contributed by atoms with Crippen molar-refractivity contribution in [2.24, 2.45) is 0 Å². The smallest absolute Gasteiger partial charge is 0.416 e. The lowest BCUT2D eigenvalue weighted by atomic mass is 10.1. The summed E-state index contributed by atoms with van der Waals surface area (Å²) < 4.78 is 81.6. The fraction of sp³-hybridized carbons (Fsp3) is 0.250. The lowest BCUT2D eigenvalue weighted by molar-refractivity contribution is -0.143. The molecule has 0 bridgehead atoms. The van der Waals surface area contributed by atoms with Crippen molar-refractivity contribution in [3.63, 3.8) is 0 Å². The Hall–Kier alpha value is -3.51. The summed E-state index contributed by atoms with van der Waals surface area (Å²) in [6.07, 6.45) is -11.3. The molecule has 2 aromatic rings. The Morgan fingerprint density at radius 3 is 2.06 bits per heavy atom. The molecule has 0 aliphatic heterocycles. The van der Waals surface area contributed by atoms with Crippen molar-refractivity contribution in [2.45, 2.75) is 26.2 Å². The predicted octanol–water partition coefficient (Wildman–Crippen LogP) is 5.19. The topological polar surface area (TPSA) is 79.2 Å². The zero-order chi connectivity index (χ0) is 24.3. The molecule has 12 heteroatoms. The van der Waals surface area contributed by atoms with Crippen LogP contribution < -0.4 is 5.32 Å². The minimum absolute atomic E-state index is 0.0350. The number of alkyl halides is 6. The Kier molecular flexibility index (Phi) is 7.21. The number of hydrogen-bond acceptors (Lipinski definition) is 5. The number of rotatable bonds is 2. The van der Waals surface area contributed by atoms with Gasteiger partial charge in [-0.15, -0.1) is 11.3 Å². The van der Waals surface area contributed by atoms with E-state index in [-0.39, 0.29) is 10.9 Å². The van der Waals surface area contributed by atoms with Gasteiger partial charge in [-0.1, -0.05) is 11.8 Å². The lowest BCUT2D eigenvalue weighted by Gasteiger charge is -2.12. The number of hydrogen-bond donors (Lipinski definition) is 1. The molecule has 1 aromatic carbocycles. The first kappa shape index (κ1) is 24.8. The van der Waals surface area contributed by atoms with E-state index in [4.69, 9.17) is 5.26 Å². The molecule has 0 aliphatic rings. The average Bonchev–Trinajstić information content (AvgIpc) is 2.98. The molecule has 1 heterocycles. The largest absolute Gasteiger partial charge is 0.436 e. The van der Waals surface area contributed by atoms with E-state index >= 15 is 0 Å². The van der Waals surface area contributed by atoms with Crippen LogP contribution in [0.2, 0.25) is 0 Å². The summed E-state index contributed by atoms with van der Waals surface area (Å²) in [5.41, 5.74) is -2.55. The van der Waals surface area contributed by atoms with Gasteiger partial charge in [-0.3, -0.25) is 10.1 Å². The third-order valence-corrected chi connectivity index (χ3v) is 5.36. The fourth-order valence-corrected chi connectivity index (χ4v) is 3.38. The van der Waals surface area contributed by atoms with Crippen LogP contribution in [0.3, 0.4) is 0 Å². The Morgan fingerprint density at radius 2 is 1.59 bits per heavy atom. The lowest BCUT2D eigenvalue weighted by Crippen LogP contribution is -2.31. The molecule has 2 amide bonds.